The number of carbonyl (C=O) groups is 1. The minimum Gasteiger partial charge on any atom is -0.354 e. The van der Waals surface area contributed by atoms with Crippen molar-refractivity contribution in [3.05, 3.63) is 88.4 Å². The summed E-state index contributed by atoms with van der Waals surface area (Å²) >= 11 is 7.99. The zero-order valence-electron chi connectivity index (χ0n) is 19.5. The molecule has 3 rings (SSSR count). The molecule has 0 heterocycles. The molecule has 0 radical (unpaired) electrons. The molecule has 0 fully saturated rings. The Kier molecular flexibility index (Phi) is 9.05. The lowest BCUT2D eigenvalue weighted by Crippen LogP contribution is -2.41. The first-order chi connectivity index (χ1) is 16.2. The van der Waals surface area contributed by atoms with Crippen LogP contribution in [0.25, 0.3) is 0 Å². The summed E-state index contributed by atoms with van der Waals surface area (Å²) in [5, 5.41) is 3.29. The van der Waals surface area contributed by atoms with Crippen LogP contribution in [0.3, 0.4) is 0 Å². The normalized spacial score (nSPS) is 11.3. The van der Waals surface area contributed by atoms with Gasteiger partial charge >= 0.3 is 0 Å². The number of hydrogen-bond acceptors (Lipinski definition) is 4. The summed E-state index contributed by atoms with van der Waals surface area (Å²) < 4.78 is 28.0. The average Bonchev–Trinajstić information content (AvgIpc) is 2.80. The third-order valence-electron chi connectivity index (χ3n) is 5.27. The Morgan fingerprint density at radius 3 is 2.18 bits per heavy atom. The molecule has 0 bridgehead atoms. The quantitative estimate of drug-likeness (QED) is 0.275. The molecule has 0 aliphatic rings. The van der Waals surface area contributed by atoms with Gasteiger partial charge in [-0.25, -0.2) is 8.42 Å². The van der Waals surface area contributed by atoms with Crippen LogP contribution in [0.15, 0.2) is 76.5 Å². The average molecular weight is 517 g/mol. The van der Waals surface area contributed by atoms with Gasteiger partial charge in [0.1, 0.15) is 6.54 Å². The summed E-state index contributed by atoms with van der Waals surface area (Å²) in [7, 11) is -3.96. The van der Waals surface area contributed by atoms with E-state index in [0.29, 0.717) is 17.3 Å². The Labute approximate surface area is 211 Å². The standard InChI is InChI=1S/C26H29ClN2O3S2/c1-19-5-11-23(12-6-19)33-16-4-15-28-26(30)18-29(22-10-9-21(3)25(27)17-22)34(31,32)24-13-7-20(2)8-14-24/h5-14,17H,4,15-16,18H2,1-3H3,(H,28,30). The highest BCUT2D eigenvalue weighted by Gasteiger charge is 2.27. The zero-order valence-corrected chi connectivity index (χ0v) is 21.9. The summed E-state index contributed by atoms with van der Waals surface area (Å²) in [6, 6.07) is 19.9. The zero-order chi connectivity index (χ0) is 24.7. The second kappa shape index (κ2) is 11.8. The molecular formula is C26H29ClN2O3S2. The highest BCUT2D eigenvalue weighted by atomic mass is 35.5. The molecule has 0 atom stereocenters. The first-order valence-corrected chi connectivity index (χ1v) is 13.8. The van der Waals surface area contributed by atoms with E-state index in [1.54, 1.807) is 54.2 Å². The van der Waals surface area contributed by atoms with E-state index in [-0.39, 0.29) is 17.3 Å². The van der Waals surface area contributed by atoms with Crippen LogP contribution >= 0.6 is 23.4 Å². The van der Waals surface area contributed by atoms with Crippen LogP contribution in [0, 0.1) is 20.8 Å². The smallest absolute Gasteiger partial charge is 0.264 e. The number of hydrogen-bond donors (Lipinski definition) is 1. The van der Waals surface area contributed by atoms with Gasteiger partial charge in [0.15, 0.2) is 0 Å². The second-order valence-electron chi connectivity index (χ2n) is 8.12. The van der Waals surface area contributed by atoms with Crippen molar-refractivity contribution in [3.8, 4) is 0 Å². The third kappa shape index (κ3) is 7.01. The summed E-state index contributed by atoms with van der Waals surface area (Å²) in [6.45, 7) is 5.91. The van der Waals surface area contributed by atoms with Crippen LogP contribution in [-0.4, -0.2) is 33.2 Å². The first kappa shape index (κ1) is 26.1. The maximum absolute atomic E-state index is 13.4. The number of amides is 1. The van der Waals surface area contributed by atoms with Crippen LogP contribution in [-0.2, 0) is 14.8 Å². The van der Waals surface area contributed by atoms with E-state index in [1.807, 2.05) is 13.8 Å². The van der Waals surface area contributed by atoms with Crippen LogP contribution in [0.1, 0.15) is 23.1 Å². The molecule has 0 aliphatic carbocycles. The van der Waals surface area contributed by atoms with Crippen molar-refractivity contribution in [2.75, 3.05) is 23.1 Å². The fourth-order valence-corrected chi connectivity index (χ4v) is 5.64. The topological polar surface area (TPSA) is 66.5 Å². The number of nitrogens with zero attached hydrogens (tertiary/aromatic N) is 1. The van der Waals surface area contributed by atoms with Gasteiger partial charge in [0, 0.05) is 16.5 Å². The van der Waals surface area contributed by atoms with E-state index >= 15 is 0 Å². The third-order valence-corrected chi connectivity index (χ3v) is 8.57. The number of halogens is 1. The largest absolute Gasteiger partial charge is 0.354 e. The van der Waals surface area contributed by atoms with Gasteiger partial charge < -0.3 is 5.32 Å². The van der Waals surface area contributed by atoms with Crippen molar-refractivity contribution in [2.24, 2.45) is 0 Å². The Morgan fingerprint density at radius 1 is 0.941 bits per heavy atom. The summed E-state index contributed by atoms with van der Waals surface area (Å²) in [6.07, 6.45) is 0.769. The fourth-order valence-electron chi connectivity index (χ4n) is 3.20. The van der Waals surface area contributed by atoms with Crippen molar-refractivity contribution < 1.29 is 13.2 Å². The van der Waals surface area contributed by atoms with Gasteiger partial charge in [0.05, 0.1) is 10.6 Å². The van der Waals surface area contributed by atoms with E-state index in [9.17, 15) is 13.2 Å². The SMILES string of the molecule is Cc1ccc(SCCCNC(=O)CN(c2ccc(C)c(Cl)c2)S(=O)(=O)c2ccc(C)cc2)cc1. The number of benzene rings is 3. The van der Waals surface area contributed by atoms with Crippen molar-refractivity contribution in [1.29, 1.82) is 0 Å². The number of anilines is 1. The van der Waals surface area contributed by atoms with Crippen LogP contribution in [0.5, 0.6) is 0 Å². The van der Waals surface area contributed by atoms with Crippen molar-refractivity contribution in [3.63, 3.8) is 0 Å². The van der Waals surface area contributed by atoms with Crippen LogP contribution in [0.2, 0.25) is 5.02 Å². The Balaban J connectivity index is 1.67. The van der Waals surface area contributed by atoms with Crippen LogP contribution < -0.4 is 9.62 Å². The lowest BCUT2D eigenvalue weighted by Gasteiger charge is -2.24. The minimum absolute atomic E-state index is 0.122. The number of sulfonamides is 1. The predicted molar refractivity (Wildman–Crippen MR) is 141 cm³/mol. The minimum atomic E-state index is -3.96. The molecule has 5 nitrogen and oxygen atoms in total. The summed E-state index contributed by atoms with van der Waals surface area (Å²) in [5.74, 6) is 0.482. The number of nitrogens with one attached hydrogen (secondary N) is 1. The molecule has 0 unspecified atom stereocenters. The van der Waals surface area contributed by atoms with E-state index in [1.165, 1.54) is 10.5 Å². The first-order valence-electron chi connectivity index (χ1n) is 11.0. The molecule has 180 valence electrons. The van der Waals surface area contributed by atoms with Gasteiger partial charge in [-0.1, -0.05) is 53.1 Å². The lowest BCUT2D eigenvalue weighted by molar-refractivity contribution is -0.119. The molecule has 0 aliphatic heterocycles. The molecule has 3 aromatic rings. The highest BCUT2D eigenvalue weighted by Crippen LogP contribution is 2.28. The molecule has 3 aromatic carbocycles. The Bertz CT molecular complexity index is 1230. The van der Waals surface area contributed by atoms with Gasteiger partial charge in [-0.15, -0.1) is 11.8 Å². The molecule has 8 heteroatoms. The number of rotatable bonds is 10. The predicted octanol–water partition coefficient (Wildman–Crippen LogP) is 5.76. The van der Waals surface area contributed by atoms with Crippen molar-refractivity contribution in [2.45, 2.75) is 37.0 Å². The maximum Gasteiger partial charge on any atom is 0.264 e. The Hall–Kier alpha value is -2.48. The maximum atomic E-state index is 13.4. The monoisotopic (exact) mass is 516 g/mol. The number of thioether (sulfide) groups is 1. The van der Waals surface area contributed by atoms with Gasteiger partial charge in [-0.3, -0.25) is 9.10 Å². The molecule has 0 saturated heterocycles. The van der Waals surface area contributed by atoms with Gasteiger partial charge in [0.2, 0.25) is 5.91 Å². The number of carbonyl (C=O) groups excluding carboxylic acids is 1. The Morgan fingerprint density at radius 2 is 1.56 bits per heavy atom. The second-order valence-corrected chi connectivity index (χ2v) is 11.6. The summed E-state index contributed by atoms with van der Waals surface area (Å²) in [4.78, 5) is 14.0. The molecule has 1 amide bonds. The molecule has 1 N–H and O–H groups in total. The lowest BCUT2D eigenvalue weighted by atomic mass is 10.2. The van der Waals surface area contributed by atoms with E-state index in [0.717, 1.165) is 27.6 Å². The van der Waals surface area contributed by atoms with E-state index < -0.39 is 10.0 Å². The molecule has 0 spiro atoms. The van der Waals surface area contributed by atoms with Gasteiger partial charge in [-0.05, 0) is 74.9 Å². The van der Waals surface area contributed by atoms with Crippen LogP contribution in [0.4, 0.5) is 5.69 Å². The van der Waals surface area contributed by atoms with Crippen molar-refractivity contribution in [1.82, 2.24) is 5.32 Å². The highest BCUT2D eigenvalue weighted by molar-refractivity contribution is 7.99. The fraction of sp³-hybridized carbons (Fsp3) is 0.269. The van der Waals surface area contributed by atoms with E-state index in [4.69, 9.17) is 11.6 Å². The van der Waals surface area contributed by atoms with Gasteiger partial charge in [-0.2, -0.15) is 0 Å². The number of aryl methyl sites for hydroxylation is 3. The molecular weight excluding hydrogens is 488 g/mol. The molecule has 0 aromatic heterocycles. The van der Waals surface area contributed by atoms with Gasteiger partial charge in [0.25, 0.3) is 10.0 Å². The molecule has 0 saturated carbocycles. The van der Waals surface area contributed by atoms with Crippen molar-refractivity contribution >= 4 is 45.0 Å². The molecule has 34 heavy (non-hydrogen) atoms. The van der Waals surface area contributed by atoms with E-state index in [2.05, 4.69) is 36.5 Å². The summed E-state index contributed by atoms with van der Waals surface area (Å²) in [5.41, 5.74) is 3.34.